The third-order valence-corrected chi connectivity index (χ3v) is 8.29. The highest BCUT2D eigenvalue weighted by atomic mass is 14.1. The minimum atomic E-state index is 0.973. The number of hydrogen-bond donors (Lipinski definition) is 0. The highest BCUT2D eigenvalue weighted by Gasteiger charge is 2.03. The van der Waals surface area contributed by atoms with Crippen LogP contribution in [0.15, 0.2) is 202 Å². The molecule has 0 fully saturated rings. The molecule has 0 spiro atoms. The summed E-state index contributed by atoms with van der Waals surface area (Å²) in [5.41, 5.74) is 4.93. The van der Waals surface area contributed by atoms with Crippen molar-refractivity contribution in [3.05, 3.63) is 225 Å². The molecule has 0 unspecified atom stereocenters. The molecule has 0 aromatic heterocycles. The van der Waals surface area contributed by atoms with Crippen LogP contribution in [0.1, 0.15) is 22.3 Å². The summed E-state index contributed by atoms with van der Waals surface area (Å²) in [5, 5.41) is 10.2. The molecule has 0 heteroatoms. The second-order valence-electron chi connectivity index (χ2n) is 11.5. The molecule has 0 heterocycles. The second kappa shape index (κ2) is 17.6. The topological polar surface area (TPSA) is 0 Å². The Kier molecular flexibility index (Phi) is 12.3. The zero-order valence-corrected chi connectivity index (χ0v) is 28.0. The molecule has 0 saturated carbocycles. The van der Waals surface area contributed by atoms with Crippen LogP contribution in [0.5, 0.6) is 0 Å². The largest absolute Gasteiger partial charge is 0.103 e. The van der Waals surface area contributed by atoms with Crippen LogP contribution in [-0.2, 0) is 6.42 Å². The molecule has 0 aliphatic heterocycles. The molecule has 8 aromatic rings. The Bertz CT molecular complexity index is 2260. The van der Waals surface area contributed by atoms with Crippen molar-refractivity contribution >= 4 is 61.3 Å². The normalized spacial score (nSPS) is 10.0. The van der Waals surface area contributed by atoms with E-state index in [0.29, 0.717) is 0 Å². The van der Waals surface area contributed by atoms with Crippen LogP contribution in [0.4, 0.5) is 0 Å². The molecule has 0 radical (unpaired) electrons. The fourth-order valence-electron chi connectivity index (χ4n) is 5.81. The number of fused-ring (bicyclic) bond motifs is 4. The van der Waals surface area contributed by atoms with E-state index in [2.05, 4.69) is 178 Å². The van der Waals surface area contributed by atoms with Gasteiger partial charge in [0.25, 0.3) is 0 Å². The van der Waals surface area contributed by atoms with Crippen molar-refractivity contribution in [2.45, 2.75) is 6.42 Å². The first kappa shape index (κ1) is 34.1. The smallest absolute Gasteiger partial charge is 0.0100 e. The third kappa shape index (κ3) is 8.98. The van der Waals surface area contributed by atoms with Gasteiger partial charge in [0.1, 0.15) is 0 Å². The summed E-state index contributed by atoms with van der Waals surface area (Å²) < 4.78 is 0. The van der Waals surface area contributed by atoms with Gasteiger partial charge in [0, 0.05) is 0 Å². The van der Waals surface area contributed by atoms with Gasteiger partial charge < -0.3 is 0 Å². The average Bonchev–Trinajstić information content (AvgIpc) is 3.17. The summed E-state index contributed by atoms with van der Waals surface area (Å²) >= 11 is 0. The highest BCUT2D eigenvalue weighted by molar-refractivity contribution is 6.06. The molecule has 49 heavy (non-hydrogen) atoms. The summed E-state index contributed by atoms with van der Waals surface area (Å²) in [6.07, 6.45) is 8.59. The maximum absolute atomic E-state index is 3.93. The van der Waals surface area contributed by atoms with E-state index in [1.165, 1.54) is 65.3 Å². The first-order valence-corrected chi connectivity index (χ1v) is 16.5. The van der Waals surface area contributed by atoms with Crippen molar-refractivity contribution in [1.29, 1.82) is 0 Å². The Labute approximate surface area is 291 Å². The van der Waals surface area contributed by atoms with Gasteiger partial charge in [0.15, 0.2) is 0 Å². The van der Waals surface area contributed by atoms with Crippen LogP contribution in [0.2, 0.25) is 0 Å². The average molecular weight is 631 g/mol. The zero-order valence-electron chi connectivity index (χ0n) is 28.0. The Morgan fingerprint density at radius 2 is 0.898 bits per heavy atom. The molecular formula is C49H42. The van der Waals surface area contributed by atoms with Gasteiger partial charge in [-0.3, -0.25) is 0 Å². The van der Waals surface area contributed by atoms with E-state index < -0.39 is 0 Å². The number of hydrogen-bond acceptors (Lipinski definition) is 0. The van der Waals surface area contributed by atoms with Crippen LogP contribution in [0, 0.1) is 0 Å². The van der Waals surface area contributed by atoms with Crippen LogP contribution in [0.3, 0.4) is 0 Å². The SMILES string of the molecule is C=CCc1ccccc1.C=Cc1c2ccccc2cc2ccccc12.C=Cc1ccc2ccccc2c1.C=Cc1cccc2ccccc12. The van der Waals surface area contributed by atoms with Crippen molar-refractivity contribution in [2.75, 3.05) is 0 Å². The van der Waals surface area contributed by atoms with Gasteiger partial charge in [-0.05, 0) is 83.9 Å². The van der Waals surface area contributed by atoms with E-state index in [1.807, 2.05) is 42.5 Å². The molecular weight excluding hydrogens is 589 g/mol. The van der Waals surface area contributed by atoms with Gasteiger partial charge in [-0.25, -0.2) is 0 Å². The summed E-state index contributed by atoms with van der Waals surface area (Å²) in [5.74, 6) is 0. The maximum Gasteiger partial charge on any atom is -0.0100 e. The van der Waals surface area contributed by atoms with Gasteiger partial charge in [-0.1, -0.05) is 202 Å². The number of benzene rings is 8. The summed E-state index contributed by atoms with van der Waals surface area (Å²) in [7, 11) is 0. The quantitative estimate of drug-likeness (QED) is 0.131. The lowest BCUT2D eigenvalue weighted by atomic mass is 9.97. The summed E-state index contributed by atoms with van der Waals surface area (Å²) in [4.78, 5) is 0. The van der Waals surface area contributed by atoms with Crippen LogP contribution in [0.25, 0.3) is 61.3 Å². The van der Waals surface area contributed by atoms with Gasteiger partial charge in [0.05, 0.1) is 0 Å². The van der Waals surface area contributed by atoms with E-state index in [4.69, 9.17) is 0 Å². The van der Waals surface area contributed by atoms with Gasteiger partial charge >= 0.3 is 0 Å². The third-order valence-electron chi connectivity index (χ3n) is 8.29. The molecule has 0 aliphatic carbocycles. The van der Waals surface area contributed by atoms with Crippen molar-refractivity contribution in [3.8, 4) is 0 Å². The Hall–Kier alpha value is -6.24. The van der Waals surface area contributed by atoms with Gasteiger partial charge in [0.2, 0.25) is 0 Å². The minimum Gasteiger partial charge on any atom is -0.103 e. The molecule has 0 aliphatic rings. The molecule has 0 saturated heterocycles. The summed E-state index contributed by atoms with van der Waals surface area (Å²) in [6.45, 7) is 15.1. The molecule has 8 aromatic carbocycles. The van der Waals surface area contributed by atoms with Crippen molar-refractivity contribution in [1.82, 2.24) is 0 Å². The monoisotopic (exact) mass is 630 g/mol. The molecule has 0 atom stereocenters. The highest BCUT2D eigenvalue weighted by Crippen LogP contribution is 2.29. The molecule has 238 valence electrons. The lowest BCUT2D eigenvalue weighted by molar-refractivity contribution is 1.28. The lowest BCUT2D eigenvalue weighted by Crippen LogP contribution is -1.82. The second-order valence-corrected chi connectivity index (χ2v) is 11.5. The minimum absolute atomic E-state index is 0.973. The first-order chi connectivity index (χ1) is 24.1. The van der Waals surface area contributed by atoms with Crippen molar-refractivity contribution < 1.29 is 0 Å². The van der Waals surface area contributed by atoms with Gasteiger partial charge in [-0.2, -0.15) is 0 Å². The van der Waals surface area contributed by atoms with Crippen molar-refractivity contribution in [2.24, 2.45) is 0 Å². The Balaban J connectivity index is 0.000000130. The predicted molar refractivity (Wildman–Crippen MR) is 220 cm³/mol. The standard InChI is InChI=1S/C16H12.2C12H10.C9H10/c1-2-14-15-9-5-3-7-12(15)11-13-8-4-6-10-16(13)14;1-2-10-7-5-8-11-6-3-4-9-12(10)11;1-2-10-7-8-11-5-3-4-6-12(11)9-10;1-2-6-9-7-4-3-5-8-9/h2-11H,1H2;2*2-9H,1H2;2-5,7-8H,1,6H2. The van der Waals surface area contributed by atoms with E-state index in [9.17, 15) is 0 Å². The van der Waals surface area contributed by atoms with E-state index in [1.54, 1.807) is 0 Å². The van der Waals surface area contributed by atoms with Crippen molar-refractivity contribution in [3.63, 3.8) is 0 Å². The van der Waals surface area contributed by atoms with Gasteiger partial charge in [-0.15, -0.1) is 6.58 Å². The molecule has 0 amide bonds. The van der Waals surface area contributed by atoms with E-state index >= 15 is 0 Å². The van der Waals surface area contributed by atoms with Crippen LogP contribution < -0.4 is 0 Å². The summed E-state index contributed by atoms with van der Waals surface area (Å²) in [6, 6.07) is 58.7. The Morgan fingerprint density at radius 3 is 1.49 bits per heavy atom. The first-order valence-electron chi connectivity index (χ1n) is 16.5. The molecule has 0 N–H and O–H groups in total. The zero-order chi connectivity index (χ0) is 34.3. The number of allylic oxidation sites excluding steroid dienone is 1. The molecule has 0 bridgehead atoms. The lowest BCUT2D eigenvalue weighted by Gasteiger charge is -2.07. The van der Waals surface area contributed by atoms with Crippen LogP contribution in [-0.4, -0.2) is 0 Å². The van der Waals surface area contributed by atoms with Crippen LogP contribution >= 0.6 is 0 Å². The molecule has 0 nitrogen and oxygen atoms in total. The van der Waals surface area contributed by atoms with E-state index in [0.717, 1.165) is 6.42 Å². The maximum atomic E-state index is 3.93. The van der Waals surface area contributed by atoms with E-state index in [-0.39, 0.29) is 0 Å². The fourth-order valence-corrected chi connectivity index (χ4v) is 5.81. The number of rotatable bonds is 5. The Morgan fingerprint density at radius 1 is 0.367 bits per heavy atom. The predicted octanol–water partition coefficient (Wildman–Crippen LogP) is 14.0. The fraction of sp³-hybridized carbons (Fsp3) is 0.0204. The molecule has 8 rings (SSSR count).